The van der Waals surface area contributed by atoms with Gasteiger partial charge >= 0.3 is 5.97 Å². The average molecular weight is 209 g/mol. The molecule has 5 nitrogen and oxygen atoms in total. The minimum Gasteiger partial charge on any atom is -0.464 e. The zero-order chi connectivity index (χ0) is 10.8. The summed E-state index contributed by atoms with van der Waals surface area (Å²) in [6.45, 7) is 2.09. The van der Waals surface area contributed by atoms with Gasteiger partial charge in [0.05, 0.1) is 7.11 Å². The largest absolute Gasteiger partial charge is 0.464 e. The second-order valence-corrected chi connectivity index (χ2v) is 4.03. The zero-order valence-electron chi connectivity index (χ0n) is 8.99. The van der Waals surface area contributed by atoms with Crippen LogP contribution in [0.15, 0.2) is 0 Å². The fourth-order valence-corrected chi connectivity index (χ4v) is 1.97. The number of H-pyrrole nitrogens is 1. The summed E-state index contributed by atoms with van der Waals surface area (Å²) in [5, 5.41) is 10.4. The zero-order valence-corrected chi connectivity index (χ0v) is 8.99. The Labute approximate surface area is 88.2 Å². The van der Waals surface area contributed by atoms with Crippen LogP contribution in [-0.2, 0) is 4.74 Å². The molecule has 2 rings (SSSR count). The number of hydrogen-bond donors (Lipinski definition) is 1. The maximum absolute atomic E-state index is 11.4. The van der Waals surface area contributed by atoms with Crippen LogP contribution in [0.2, 0.25) is 0 Å². The van der Waals surface area contributed by atoms with E-state index in [-0.39, 0.29) is 5.92 Å². The minimum absolute atomic E-state index is 0.284. The number of nitrogens with one attached hydrogen (secondary N) is 1. The first-order chi connectivity index (χ1) is 7.24. The Balaban J connectivity index is 2.19. The molecule has 1 heterocycles. The fraction of sp³-hybridized carbons (Fsp3) is 0.700. The molecule has 1 unspecified atom stereocenters. The van der Waals surface area contributed by atoms with Gasteiger partial charge in [-0.25, -0.2) is 4.79 Å². The molecule has 0 saturated heterocycles. The summed E-state index contributed by atoms with van der Waals surface area (Å²) in [5.74, 6) is 0.509. The number of esters is 1. The predicted octanol–water partition coefficient (Wildman–Crippen LogP) is 1.49. The number of hydrogen-bond acceptors (Lipinski definition) is 4. The number of nitrogens with zero attached hydrogens (tertiary/aromatic N) is 2. The third kappa shape index (κ3) is 1.73. The van der Waals surface area contributed by atoms with Crippen molar-refractivity contribution in [2.75, 3.05) is 7.11 Å². The third-order valence-electron chi connectivity index (χ3n) is 3.24. The first-order valence-corrected chi connectivity index (χ1v) is 5.23. The molecular weight excluding hydrogens is 194 g/mol. The van der Waals surface area contributed by atoms with Crippen molar-refractivity contribution in [1.29, 1.82) is 0 Å². The molecule has 0 aromatic carbocycles. The molecule has 1 fully saturated rings. The van der Waals surface area contributed by atoms with Crippen molar-refractivity contribution in [3.05, 3.63) is 11.4 Å². The van der Waals surface area contributed by atoms with Crippen LogP contribution in [0.3, 0.4) is 0 Å². The van der Waals surface area contributed by atoms with E-state index in [4.69, 9.17) is 0 Å². The van der Waals surface area contributed by atoms with E-state index in [1.54, 1.807) is 0 Å². The molecule has 1 aliphatic rings. The molecule has 1 saturated carbocycles. The Bertz CT molecular complexity index is 357. The van der Waals surface area contributed by atoms with Crippen LogP contribution in [0.5, 0.6) is 0 Å². The molecule has 0 radical (unpaired) electrons. The molecule has 1 aliphatic carbocycles. The predicted molar refractivity (Wildman–Crippen MR) is 53.5 cm³/mol. The second kappa shape index (κ2) is 4.00. The quantitative estimate of drug-likeness (QED) is 0.766. The van der Waals surface area contributed by atoms with E-state index in [9.17, 15) is 4.79 Å². The lowest BCUT2D eigenvalue weighted by Gasteiger charge is -2.30. The molecule has 15 heavy (non-hydrogen) atoms. The highest BCUT2D eigenvalue weighted by molar-refractivity contribution is 5.88. The highest BCUT2D eigenvalue weighted by Crippen LogP contribution is 2.38. The fourth-order valence-electron chi connectivity index (χ4n) is 1.97. The van der Waals surface area contributed by atoms with E-state index in [0.29, 0.717) is 11.6 Å². The Hall–Kier alpha value is -1.39. The van der Waals surface area contributed by atoms with Crippen LogP contribution in [0.4, 0.5) is 0 Å². The number of carbonyl (C=O) groups excluding carboxylic acids is 1. The summed E-state index contributed by atoms with van der Waals surface area (Å²) in [5.41, 5.74) is 1.07. The lowest BCUT2D eigenvalue weighted by molar-refractivity contribution is 0.0591. The van der Waals surface area contributed by atoms with Gasteiger partial charge in [-0.3, -0.25) is 0 Å². The van der Waals surface area contributed by atoms with Crippen LogP contribution in [0, 0.1) is 5.92 Å². The molecule has 1 atom stereocenters. The monoisotopic (exact) mass is 209 g/mol. The number of carbonyl (C=O) groups is 1. The molecule has 1 N–H and O–H groups in total. The van der Waals surface area contributed by atoms with Crippen LogP contribution < -0.4 is 0 Å². The first-order valence-electron chi connectivity index (χ1n) is 5.23. The maximum Gasteiger partial charge on any atom is 0.360 e. The van der Waals surface area contributed by atoms with E-state index in [0.717, 1.165) is 5.69 Å². The van der Waals surface area contributed by atoms with Gasteiger partial charge in [0.2, 0.25) is 0 Å². The van der Waals surface area contributed by atoms with E-state index in [2.05, 4.69) is 27.1 Å². The first kappa shape index (κ1) is 10.1. The summed E-state index contributed by atoms with van der Waals surface area (Å²) < 4.78 is 4.66. The number of ether oxygens (including phenoxy) is 1. The molecule has 1 aromatic rings. The summed E-state index contributed by atoms with van der Waals surface area (Å²) in [6.07, 6.45) is 3.71. The summed E-state index contributed by atoms with van der Waals surface area (Å²) in [6, 6.07) is 0. The molecule has 82 valence electrons. The molecule has 1 aromatic heterocycles. The van der Waals surface area contributed by atoms with Gasteiger partial charge in [0.25, 0.3) is 0 Å². The van der Waals surface area contributed by atoms with Crippen molar-refractivity contribution in [2.24, 2.45) is 5.92 Å². The van der Waals surface area contributed by atoms with Crippen LogP contribution in [0.25, 0.3) is 0 Å². The Kier molecular flexibility index (Phi) is 2.70. The van der Waals surface area contributed by atoms with Crippen LogP contribution >= 0.6 is 0 Å². The maximum atomic E-state index is 11.4. The van der Waals surface area contributed by atoms with Crippen molar-refractivity contribution in [2.45, 2.75) is 32.1 Å². The molecule has 0 amide bonds. The Morgan fingerprint density at radius 2 is 2.27 bits per heavy atom. The minimum atomic E-state index is -0.412. The SMILES string of the molecule is COC(=O)c1n[nH]nc1C(C)C1CCC1. The van der Waals surface area contributed by atoms with E-state index in [1.807, 2.05) is 0 Å². The van der Waals surface area contributed by atoms with Crippen molar-refractivity contribution < 1.29 is 9.53 Å². The van der Waals surface area contributed by atoms with Gasteiger partial charge in [0.1, 0.15) is 5.69 Å². The number of methoxy groups -OCH3 is 1. The Morgan fingerprint density at radius 3 is 2.80 bits per heavy atom. The summed E-state index contributed by atoms with van der Waals surface area (Å²) >= 11 is 0. The second-order valence-electron chi connectivity index (χ2n) is 4.03. The molecular formula is C10H15N3O2. The standard InChI is InChI=1S/C10H15N3O2/c1-6(7-4-3-5-7)8-9(10(14)15-2)12-13-11-8/h6-7H,3-5H2,1-2H3,(H,11,12,13). The van der Waals surface area contributed by atoms with Crippen molar-refractivity contribution in [1.82, 2.24) is 15.4 Å². The summed E-state index contributed by atoms with van der Waals surface area (Å²) in [4.78, 5) is 11.4. The van der Waals surface area contributed by atoms with E-state index in [1.165, 1.54) is 26.4 Å². The van der Waals surface area contributed by atoms with Crippen molar-refractivity contribution in [3.63, 3.8) is 0 Å². The topological polar surface area (TPSA) is 67.9 Å². The normalized spacial score (nSPS) is 18.3. The highest BCUT2D eigenvalue weighted by atomic mass is 16.5. The molecule has 5 heteroatoms. The van der Waals surface area contributed by atoms with Crippen molar-refractivity contribution in [3.8, 4) is 0 Å². The molecule has 0 aliphatic heterocycles. The van der Waals surface area contributed by atoms with E-state index >= 15 is 0 Å². The highest BCUT2D eigenvalue weighted by Gasteiger charge is 2.30. The van der Waals surface area contributed by atoms with Crippen LogP contribution in [0.1, 0.15) is 48.3 Å². The van der Waals surface area contributed by atoms with E-state index < -0.39 is 5.97 Å². The number of aromatic amines is 1. The van der Waals surface area contributed by atoms with Gasteiger partial charge in [0, 0.05) is 5.92 Å². The smallest absolute Gasteiger partial charge is 0.360 e. The number of aromatic nitrogens is 3. The average Bonchev–Trinajstić information content (AvgIpc) is 2.62. The Morgan fingerprint density at radius 1 is 1.53 bits per heavy atom. The van der Waals surface area contributed by atoms with Gasteiger partial charge in [-0.2, -0.15) is 10.3 Å². The third-order valence-corrected chi connectivity index (χ3v) is 3.24. The van der Waals surface area contributed by atoms with Gasteiger partial charge in [-0.05, 0) is 18.8 Å². The van der Waals surface area contributed by atoms with Crippen LogP contribution in [-0.4, -0.2) is 28.5 Å². The van der Waals surface area contributed by atoms with Gasteiger partial charge in [-0.1, -0.05) is 13.3 Å². The molecule has 0 spiro atoms. The molecule has 0 bridgehead atoms. The van der Waals surface area contributed by atoms with Gasteiger partial charge < -0.3 is 4.74 Å². The lowest BCUT2D eigenvalue weighted by Crippen LogP contribution is -2.20. The lowest BCUT2D eigenvalue weighted by atomic mass is 9.75. The number of rotatable bonds is 3. The van der Waals surface area contributed by atoms with Gasteiger partial charge in [0.15, 0.2) is 5.69 Å². The summed E-state index contributed by atoms with van der Waals surface area (Å²) in [7, 11) is 1.36. The van der Waals surface area contributed by atoms with Crippen molar-refractivity contribution >= 4 is 5.97 Å². The van der Waals surface area contributed by atoms with Gasteiger partial charge in [-0.15, -0.1) is 5.10 Å².